The molecule has 3 nitrogen and oxygen atoms in total. The molecule has 0 spiro atoms. The summed E-state index contributed by atoms with van der Waals surface area (Å²) in [5.74, 6) is -1.45. The molecule has 0 bridgehead atoms. The maximum Gasteiger partial charge on any atom is 0.432 e. The van der Waals surface area contributed by atoms with Crippen molar-refractivity contribution in [1.29, 1.82) is 0 Å². The summed E-state index contributed by atoms with van der Waals surface area (Å²) >= 11 is 0. The van der Waals surface area contributed by atoms with E-state index >= 15 is 0 Å². The van der Waals surface area contributed by atoms with Crippen LogP contribution in [0.2, 0.25) is 0 Å². The molecule has 0 saturated heterocycles. The molecule has 0 heterocycles. The van der Waals surface area contributed by atoms with Crippen LogP contribution < -0.4 is 0 Å². The van der Waals surface area contributed by atoms with E-state index in [1.54, 1.807) is 13.0 Å². The maximum atomic E-state index is 13.3. The number of benzene rings is 1. The monoisotopic (exact) mass is 276 g/mol. The minimum absolute atomic E-state index is 0.0904. The average Bonchev–Trinajstić information content (AvgIpc) is 2.37. The van der Waals surface area contributed by atoms with Crippen LogP contribution in [0.5, 0.6) is 0 Å². The van der Waals surface area contributed by atoms with Gasteiger partial charge in [0.1, 0.15) is 0 Å². The van der Waals surface area contributed by atoms with Crippen LogP contribution in [0.4, 0.5) is 13.2 Å². The second kappa shape index (κ2) is 6.06. The number of halogens is 3. The molecule has 0 aromatic heterocycles. The summed E-state index contributed by atoms with van der Waals surface area (Å²) in [5, 5.41) is 0. The molecule has 0 radical (unpaired) electrons. The third kappa shape index (κ3) is 2.89. The molecule has 0 amide bonds. The SMILES string of the molecule is CCCOC(=O)[C@@](OC)(c1ccccc1)C(F)(F)F. The van der Waals surface area contributed by atoms with E-state index in [0.717, 1.165) is 7.11 Å². The van der Waals surface area contributed by atoms with E-state index in [4.69, 9.17) is 0 Å². The molecule has 1 atom stereocenters. The first-order valence-electron chi connectivity index (χ1n) is 5.74. The van der Waals surface area contributed by atoms with Crippen LogP contribution in [0, 0.1) is 0 Å². The summed E-state index contributed by atoms with van der Waals surface area (Å²) in [7, 11) is 0.841. The summed E-state index contributed by atoms with van der Waals surface area (Å²) in [4.78, 5) is 11.8. The lowest BCUT2D eigenvalue weighted by Gasteiger charge is -2.32. The molecule has 0 aliphatic heterocycles. The molecule has 6 heteroatoms. The molecule has 0 N–H and O–H groups in total. The Labute approximate surface area is 109 Å². The zero-order chi connectivity index (χ0) is 14.5. The second-order valence-electron chi connectivity index (χ2n) is 3.89. The fraction of sp³-hybridized carbons (Fsp3) is 0.462. The van der Waals surface area contributed by atoms with Crippen molar-refractivity contribution in [1.82, 2.24) is 0 Å². The van der Waals surface area contributed by atoms with Gasteiger partial charge >= 0.3 is 12.1 Å². The van der Waals surface area contributed by atoms with Crippen molar-refractivity contribution in [3.63, 3.8) is 0 Å². The van der Waals surface area contributed by atoms with Gasteiger partial charge in [-0.1, -0.05) is 37.3 Å². The minimum atomic E-state index is -4.91. The van der Waals surface area contributed by atoms with Gasteiger partial charge in [-0.15, -0.1) is 0 Å². The number of carbonyl (C=O) groups is 1. The highest BCUT2D eigenvalue weighted by atomic mass is 19.4. The van der Waals surface area contributed by atoms with E-state index < -0.39 is 17.7 Å². The number of rotatable bonds is 5. The normalized spacial score (nSPS) is 14.8. The Bertz CT molecular complexity index is 417. The van der Waals surface area contributed by atoms with Crippen molar-refractivity contribution in [2.45, 2.75) is 25.1 Å². The second-order valence-corrected chi connectivity index (χ2v) is 3.89. The predicted molar refractivity (Wildman–Crippen MR) is 62.4 cm³/mol. The summed E-state index contributed by atoms with van der Waals surface area (Å²) in [6.07, 6.45) is -4.48. The predicted octanol–water partition coefficient (Wildman–Crippen LogP) is 3.04. The Morgan fingerprint density at radius 2 is 1.79 bits per heavy atom. The lowest BCUT2D eigenvalue weighted by molar-refractivity contribution is -0.276. The Morgan fingerprint density at radius 3 is 2.21 bits per heavy atom. The van der Waals surface area contributed by atoms with Crippen molar-refractivity contribution < 1.29 is 27.4 Å². The molecule has 0 fully saturated rings. The first-order chi connectivity index (χ1) is 8.90. The zero-order valence-electron chi connectivity index (χ0n) is 10.7. The number of hydrogen-bond donors (Lipinski definition) is 0. The Balaban J connectivity index is 3.28. The van der Waals surface area contributed by atoms with Crippen LogP contribution >= 0.6 is 0 Å². The molecule has 1 aromatic carbocycles. The van der Waals surface area contributed by atoms with Crippen LogP contribution in [0.15, 0.2) is 30.3 Å². The highest BCUT2D eigenvalue weighted by molar-refractivity contribution is 5.82. The maximum absolute atomic E-state index is 13.3. The number of methoxy groups -OCH3 is 1. The van der Waals surface area contributed by atoms with Crippen molar-refractivity contribution in [3.8, 4) is 0 Å². The first kappa shape index (κ1) is 15.5. The number of ether oxygens (including phenoxy) is 2. The lowest BCUT2D eigenvalue weighted by Crippen LogP contribution is -2.51. The molecule has 0 aliphatic rings. The van der Waals surface area contributed by atoms with E-state index in [0.29, 0.717) is 6.42 Å². The molecular weight excluding hydrogens is 261 g/mol. The van der Waals surface area contributed by atoms with E-state index in [2.05, 4.69) is 9.47 Å². The summed E-state index contributed by atoms with van der Waals surface area (Å²) in [6, 6.07) is 6.73. The molecule has 106 valence electrons. The molecular formula is C13H15F3O3. The van der Waals surface area contributed by atoms with Gasteiger partial charge in [0.05, 0.1) is 6.61 Å². The van der Waals surface area contributed by atoms with Gasteiger partial charge in [0.15, 0.2) is 0 Å². The standard InChI is InChI=1S/C13H15F3O3/c1-3-9-19-11(17)12(18-2,13(14,15)16)10-7-5-4-6-8-10/h4-8H,3,9H2,1-2H3/t12-/m0/s1. The third-order valence-corrected chi connectivity index (χ3v) is 2.61. The first-order valence-corrected chi connectivity index (χ1v) is 5.74. The van der Waals surface area contributed by atoms with Crippen LogP contribution in [0.25, 0.3) is 0 Å². The fourth-order valence-electron chi connectivity index (χ4n) is 1.68. The van der Waals surface area contributed by atoms with Gasteiger partial charge in [-0.3, -0.25) is 0 Å². The van der Waals surface area contributed by atoms with Gasteiger partial charge in [-0.05, 0) is 6.42 Å². The topological polar surface area (TPSA) is 35.5 Å². The summed E-state index contributed by atoms with van der Waals surface area (Å²) in [6.45, 7) is 1.60. The van der Waals surface area contributed by atoms with Gasteiger partial charge in [0, 0.05) is 12.7 Å². The van der Waals surface area contributed by atoms with Gasteiger partial charge in [-0.25, -0.2) is 4.79 Å². The van der Waals surface area contributed by atoms with Crippen molar-refractivity contribution in [2.75, 3.05) is 13.7 Å². The zero-order valence-corrected chi connectivity index (χ0v) is 10.7. The number of carbonyl (C=O) groups excluding carboxylic acids is 1. The summed E-state index contributed by atoms with van der Waals surface area (Å²) in [5.41, 5.74) is -3.38. The molecule has 0 aliphatic carbocycles. The largest absolute Gasteiger partial charge is 0.463 e. The highest BCUT2D eigenvalue weighted by Gasteiger charge is 2.63. The molecule has 1 rings (SSSR count). The van der Waals surface area contributed by atoms with Gasteiger partial charge < -0.3 is 9.47 Å². The highest BCUT2D eigenvalue weighted by Crippen LogP contribution is 2.42. The lowest BCUT2D eigenvalue weighted by atomic mass is 9.93. The summed E-state index contributed by atoms with van der Waals surface area (Å²) < 4.78 is 49.1. The third-order valence-electron chi connectivity index (χ3n) is 2.61. The molecule has 19 heavy (non-hydrogen) atoms. The van der Waals surface area contributed by atoms with Crippen molar-refractivity contribution in [2.24, 2.45) is 0 Å². The van der Waals surface area contributed by atoms with Gasteiger partial charge in [-0.2, -0.15) is 13.2 Å². The number of alkyl halides is 3. The van der Waals surface area contributed by atoms with Crippen LogP contribution in [0.3, 0.4) is 0 Å². The van der Waals surface area contributed by atoms with Crippen LogP contribution in [-0.2, 0) is 19.9 Å². The Hall–Kier alpha value is -1.56. The fourth-order valence-corrected chi connectivity index (χ4v) is 1.68. The Morgan fingerprint density at radius 1 is 1.21 bits per heavy atom. The molecule has 0 saturated carbocycles. The molecule has 0 unspecified atom stereocenters. The smallest absolute Gasteiger partial charge is 0.432 e. The van der Waals surface area contributed by atoms with E-state index in [1.165, 1.54) is 24.3 Å². The van der Waals surface area contributed by atoms with E-state index in [9.17, 15) is 18.0 Å². The van der Waals surface area contributed by atoms with Gasteiger partial charge in [0.2, 0.25) is 0 Å². The minimum Gasteiger partial charge on any atom is -0.463 e. The average molecular weight is 276 g/mol. The Kier molecular flexibility index (Phi) is 4.94. The van der Waals surface area contributed by atoms with E-state index in [1.807, 2.05) is 0 Å². The number of hydrogen-bond acceptors (Lipinski definition) is 3. The van der Waals surface area contributed by atoms with Gasteiger partial charge in [0.25, 0.3) is 5.60 Å². The van der Waals surface area contributed by atoms with E-state index in [-0.39, 0.29) is 12.2 Å². The number of esters is 1. The quantitative estimate of drug-likeness (QED) is 0.775. The van der Waals surface area contributed by atoms with Crippen molar-refractivity contribution in [3.05, 3.63) is 35.9 Å². The van der Waals surface area contributed by atoms with Crippen LogP contribution in [-0.4, -0.2) is 25.9 Å². The van der Waals surface area contributed by atoms with Crippen LogP contribution in [0.1, 0.15) is 18.9 Å². The van der Waals surface area contributed by atoms with Crippen molar-refractivity contribution >= 4 is 5.97 Å². The molecule has 1 aromatic rings.